The average Bonchev–Trinajstić information content (AvgIpc) is 2.27. The summed E-state index contributed by atoms with van der Waals surface area (Å²) in [5.74, 6) is 0.364. The summed E-state index contributed by atoms with van der Waals surface area (Å²) in [5.41, 5.74) is 0. The molecule has 1 rings (SSSR count). The second-order valence-corrected chi connectivity index (χ2v) is 5.45. The second-order valence-electron chi connectivity index (χ2n) is 3.68. The van der Waals surface area contributed by atoms with Crippen molar-refractivity contribution < 1.29 is 8.42 Å². The molecule has 1 unspecified atom stereocenters. The standard InChI is InChI=1S/C11H17NO2S/c1-3-10(2)9-12-15(13,14)11-7-5-4-6-8-11/h4-8,10,12H,3,9H2,1-2H3. The van der Waals surface area contributed by atoms with E-state index < -0.39 is 10.0 Å². The van der Waals surface area contributed by atoms with Gasteiger partial charge in [-0.15, -0.1) is 0 Å². The Bertz CT molecular complexity index is 386. The van der Waals surface area contributed by atoms with E-state index in [9.17, 15) is 8.42 Å². The molecule has 0 radical (unpaired) electrons. The molecular weight excluding hydrogens is 210 g/mol. The van der Waals surface area contributed by atoms with Crippen LogP contribution in [-0.2, 0) is 10.0 Å². The van der Waals surface area contributed by atoms with Gasteiger partial charge in [0, 0.05) is 6.54 Å². The summed E-state index contributed by atoms with van der Waals surface area (Å²) in [6, 6.07) is 8.43. The van der Waals surface area contributed by atoms with Crippen LogP contribution in [0.3, 0.4) is 0 Å². The maximum atomic E-state index is 11.7. The van der Waals surface area contributed by atoms with Crippen molar-refractivity contribution in [2.75, 3.05) is 6.54 Å². The van der Waals surface area contributed by atoms with Gasteiger partial charge >= 0.3 is 0 Å². The number of rotatable bonds is 5. The lowest BCUT2D eigenvalue weighted by Crippen LogP contribution is -2.28. The van der Waals surface area contributed by atoms with Crippen LogP contribution >= 0.6 is 0 Å². The Kier molecular flexibility index (Phi) is 4.29. The molecule has 1 N–H and O–H groups in total. The normalized spacial score (nSPS) is 13.7. The minimum atomic E-state index is -3.32. The minimum Gasteiger partial charge on any atom is -0.211 e. The molecule has 0 aliphatic rings. The first-order chi connectivity index (χ1) is 7.06. The highest BCUT2D eigenvalue weighted by Gasteiger charge is 2.13. The van der Waals surface area contributed by atoms with Crippen LogP contribution in [0.5, 0.6) is 0 Å². The lowest BCUT2D eigenvalue weighted by atomic mass is 10.1. The molecule has 4 heteroatoms. The summed E-state index contributed by atoms with van der Waals surface area (Å²) in [7, 11) is -3.32. The summed E-state index contributed by atoms with van der Waals surface area (Å²) in [6.07, 6.45) is 0.970. The van der Waals surface area contributed by atoms with Gasteiger partial charge in [-0.3, -0.25) is 0 Å². The third-order valence-corrected chi connectivity index (χ3v) is 3.81. The highest BCUT2D eigenvalue weighted by atomic mass is 32.2. The summed E-state index contributed by atoms with van der Waals surface area (Å²) >= 11 is 0. The Hall–Kier alpha value is -0.870. The second kappa shape index (κ2) is 5.28. The van der Waals surface area contributed by atoms with E-state index in [1.165, 1.54) is 0 Å². The van der Waals surface area contributed by atoms with Crippen LogP contribution in [0.1, 0.15) is 20.3 Å². The number of hydrogen-bond acceptors (Lipinski definition) is 2. The maximum Gasteiger partial charge on any atom is 0.240 e. The van der Waals surface area contributed by atoms with E-state index in [2.05, 4.69) is 4.72 Å². The van der Waals surface area contributed by atoms with Gasteiger partial charge in [-0.25, -0.2) is 13.1 Å². The van der Waals surface area contributed by atoms with Gasteiger partial charge in [0.25, 0.3) is 0 Å². The number of hydrogen-bond donors (Lipinski definition) is 1. The summed E-state index contributed by atoms with van der Waals surface area (Å²) in [5, 5.41) is 0. The van der Waals surface area contributed by atoms with Crippen LogP contribution in [-0.4, -0.2) is 15.0 Å². The molecule has 0 saturated heterocycles. The Labute approximate surface area is 91.6 Å². The number of nitrogens with one attached hydrogen (secondary N) is 1. The molecule has 1 aromatic carbocycles. The van der Waals surface area contributed by atoms with Crippen LogP contribution < -0.4 is 4.72 Å². The molecule has 0 saturated carbocycles. The van der Waals surface area contributed by atoms with Crippen LogP contribution in [0.25, 0.3) is 0 Å². The predicted octanol–water partition coefficient (Wildman–Crippen LogP) is 2.01. The Balaban J connectivity index is 2.69. The third-order valence-electron chi connectivity index (χ3n) is 2.37. The van der Waals surface area contributed by atoms with E-state index in [1.54, 1.807) is 30.3 Å². The molecule has 1 atom stereocenters. The average molecular weight is 227 g/mol. The summed E-state index contributed by atoms with van der Waals surface area (Å²) < 4.78 is 26.1. The SMILES string of the molecule is CCC(C)CNS(=O)(=O)c1ccccc1. The van der Waals surface area contributed by atoms with Crippen LogP contribution in [0, 0.1) is 5.92 Å². The van der Waals surface area contributed by atoms with Gasteiger partial charge in [-0.05, 0) is 18.1 Å². The van der Waals surface area contributed by atoms with E-state index >= 15 is 0 Å². The number of benzene rings is 1. The molecule has 0 spiro atoms. The van der Waals surface area contributed by atoms with Gasteiger partial charge in [-0.2, -0.15) is 0 Å². The zero-order chi connectivity index (χ0) is 11.3. The molecule has 0 aromatic heterocycles. The van der Waals surface area contributed by atoms with Crippen molar-refractivity contribution >= 4 is 10.0 Å². The van der Waals surface area contributed by atoms with Gasteiger partial charge in [0.15, 0.2) is 0 Å². The third kappa shape index (κ3) is 3.64. The first-order valence-corrected chi connectivity index (χ1v) is 6.59. The quantitative estimate of drug-likeness (QED) is 0.836. The summed E-state index contributed by atoms with van der Waals surface area (Å²) in [4.78, 5) is 0.327. The first kappa shape index (κ1) is 12.2. The van der Waals surface area contributed by atoms with Crippen molar-refractivity contribution in [3.8, 4) is 0 Å². The molecular formula is C11H17NO2S. The van der Waals surface area contributed by atoms with E-state index in [0.717, 1.165) is 6.42 Å². The van der Waals surface area contributed by atoms with Crippen molar-refractivity contribution in [2.45, 2.75) is 25.2 Å². The van der Waals surface area contributed by atoms with Crippen molar-refractivity contribution in [3.05, 3.63) is 30.3 Å². The molecule has 0 bridgehead atoms. The van der Waals surface area contributed by atoms with Crippen molar-refractivity contribution in [2.24, 2.45) is 5.92 Å². The Morgan fingerprint density at radius 1 is 1.27 bits per heavy atom. The molecule has 3 nitrogen and oxygen atoms in total. The highest BCUT2D eigenvalue weighted by molar-refractivity contribution is 7.89. The molecule has 1 aromatic rings. The molecule has 0 fully saturated rings. The molecule has 15 heavy (non-hydrogen) atoms. The fourth-order valence-corrected chi connectivity index (χ4v) is 2.27. The van der Waals surface area contributed by atoms with Crippen LogP contribution in [0.2, 0.25) is 0 Å². The summed E-state index contributed by atoms with van der Waals surface area (Å²) in [6.45, 7) is 4.56. The van der Waals surface area contributed by atoms with E-state index in [-0.39, 0.29) is 0 Å². The van der Waals surface area contributed by atoms with Gasteiger partial charge in [0.2, 0.25) is 10.0 Å². The van der Waals surface area contributed by atoms with Crippen molar-refractivity contribution in [3.63, 3.8) is 0 Å². The lowest BCUT2D eigenvalue weighted by Gasteiger charge is -2.10. The topological polar surface area (TPSA) is 46.2 Å². The first-order valence-electron chi connectivity index (χ1n) is 5.11. The van der Waals surface area contributed by atoms with Crippen LogP contribution in [0.4, 0.5) is 0 Å². The van der Waals surface area contributed by atoms with Crippen molar-refractivity contribution in [1.82, 2.24) is 4.72 Å². The van der Waals surface area contributed by atoms with Crippen LogP contribution in [0.15, 0.2) is 35.2 Å². The van der Waals surface area contributed by atoms with Crippen molar-refractivity contribution in [1.29, 1.82) is 0 Å². The maximum absolute atomic E-state index is 11.7. The minimum absolute atomic E-state index is 0.327. The van der Waals surface area contributed by atoms with Gasteiger partial charge in [-0.1, -0.05) is 38.5 Å². The highest BCUT2D eigenvalue weighted by Crippen LogP contribution is 2.08. The van der Waals surface area contributed by atoms with E-state index in [4.69, 9.17) is 0 Å². The Morgan fingerprint density at radius 2 is 1.87 bits per heavy atom. The fourth-order valence-electron chi connectivity index (χ4n) is 1.08. The molecule has 0 aliphatic carbocycles. The molecule has 84 valence electrons. The zero-order valence-electron chi connectivity index (χ0n) is 9.10. The molecule has 0 aliphatic heterocycles. The fraction of sp³-hybridized carbons (Fsp3) is 0.455. The number of sulfonamides is 1. The largest absolute Gasteiger partial charge is 0.240 e. The Morgan fingerprint density at radius 3 is 2.40 bits per heavy atom. The van der Waals surface area contributed by atoms with Gasteiger partial charge < -0.3 is 0 Å². The monoisotopic (exact) mass is 227 g/mol. The van der Waals surface area contributed by atoms with Gasteiger partial charge in [0.05, 0.1) is 4.90 Å². The zero-order valence-corrected chi connectivity index (χ0v) is 9.92. The smallest absolute Gasteiger partial charge is 0.211 e. The lowest BCUT2D eigenvalue weighted by molar-refractivity contribution is 0.528. The molecule has 0 heterocycles. The van der Waals surface area contributed by atoms with E-state index in [0.29, 0.717) is 17.4 Å². The van der Waals surface area contributed by atoms with E-state index in [1.807, 2.05) is 13.8 Å². The predicted molar refractivity (Wildman–Crippen MR) is 61.1 cm³/mol. The van der Waals surface area contributed by atoms with Gasteiger partial charge in [0.1, 0.15) is 0 Å². The molecule has 0 amide bonds.